The molecule has 0 unspecified atom stereocenters. The van der Waals surface area contributed by atoms with Gasteiger partial charge in [-0.15, -0.1) is 10.2 Å². The molecule has 0 fully saturated rings. The highest BCUT2D eigenvalue weighted by molar-refractivity contribution is 7.98. The van der Waals surface area contributed by atoms with Gasteiger partial charge in [-0.2, -0.15) is 4.68 Å². The van der Waals surface area contributed by atoms with E-state index < -0.39 is 0 Å². The maximum atomic E-state index is 4.13. The van der Waals surface area contributed by atoms with Gasteiger partial charge >= 0.3 is 0 Å². The lowest BCUT2D eigenvalue weighted by molar-refractivity contribution is 0.540. The summed E-state index contributed by atoms with van der Waals surface area (Å²) >= 11 is 1.53. The van der Waals surface area contributed by atoms with E-state index in [9.17, 15) is 0 Å². The quantitative estimate of drug-likeness (QED) is 0.572. The number of hydrogen-bond acceptors (Lipinski definition) is 7. The molecule has 0 N–H and O–H groups in total. The Morgan fingerprint density at radius 2 is 1.80 bits per heavy atom. The molecule has 0 saturated heterocycles. The Morgan fingerprint density at radius 3 is 2.52 bits per heavy atom. The summed E-state index contributed by atoms with van der Waals surface area (Å²) in [5, 5.41) is 24.7. The minimum atomic E-state index is 0.499. The molecule has 8 nitrogen and oxygen atoms in total. The first-order valence-corrected chi connectivity index (χ1v) is 9.44. The summed E-state index contributed by atoms with van der Waals surface area (Å²) in [6.45, 7) is 7.34. The molecule has 0 aliphatic heterocycles. The molecular weight excluding hydrogens is 336 g/mol. The molecule has 132 valence electrons. The molecule has 2 aromatic heterocycles. The topological polar surface area (TPSA) is 87.2 Å². The number of unbranched alkanes of at least 4 members (excludes halogenated alkanes) is 1. The summed E-state index contributed by atoms with van der Waals surface area (Å²) in [6.07, 6.45) is 2.17. The summed E-state index contributed by atoms with van der Waals surface area (Å²) in [4.78, 5) is 0. The monoisotopic (exact) mass is 358 g/mol. The molecule has 0 aliphatic rings. The SMILES string of the molecule is CCCCn1nnnc1CSc1nnnn1-c1ccc(C(C)C)cc1. The van der Waals surface area contributed by atoms with Crippen molar-refractivity contribution in [2.24, 2.45) is 0 Å². The number of tetrazole rings is 2. The lowest BCUT2D eigenvalue weighted by Crippen LogP contribution is -2.05. The predicted molar refractivity (Wildman–Crippen MR) is 95.5 cm³/mol. The lowest BCUT2D eigenvalue weighted by atomic mass is 10.0. The largest absolute Gasteiger partial charge is 0.229 e. The zero-order valence-electron chi connectivity index (χ0n) is 14.7. The molecule has 0 spiro atoms. The maximum absolute atomic E-state index is 4.13. The van der Waals surface area contributed by atoms with Crippen LogP contribution in [0.5, 0.6) is 0 Å². The molecule has 3 rings (SSSR count). The third-order valence-corrected chi connectivity index (χ3v) is 4.82. The average molecular weight is 358 g/mol. The maximum Gasteiger partial charge on any atom is 0.214 e. The fourth-order valence-electron chi connectivity index (χ4n) is 2.37. The van der Waals surface area contributed by atoms with Crippen molar-refractivity contribution in [2.45, 2.75) is 57.0 Å². The number of thioether (sulfide) groups is 1. The highest BCUT2D eigenvalue weighted by atomic mass is 32.2. The van der Waals surface area contributed by atoms with Crippen molar-refractivity contribution in [2.75, 3.05) is 0 Å². The van der Waals surface area contributed by atoms with Crippen LogP contribution in [0.1, 0.15) is 50.9 Å². The Morgan fingerprint density at radius 1 is 1.04 bits per heavy atom. The molecule has 0 aliphatic carbocycles. The third kappa shape index (κ3) is 4.22. The van der Waals surface area contributed by atoms with Crippen LogP contribution in [0.15, 0.2) is 29.4 Å². The second-order valence-electron chi connectivity index (χ2n) is 6.08. The number of rotatable bonds is 8. The van der Waals surface area contributed by atoms with E-state index in [0.717, 1.165) is 36.1 Å². The van der Waals surface area contributed by atoms with Crippen molar-refractivity contribution in [1.82, 2.24) is 40.4 Å². The zero-order valence-corrected chi connectivity index (χ0v) is 15.5. The van der Waals surface area contributed by atoms with Crippen molar-refractivity contribution in [3.8, 4) is 5.69 Å². The van der Waals surface area contributed by atoms with E-state index in [0.29, 0.717) is 11.7 Å². The molecule has 0 saturated carbocycles. The van der Waals surface area contributed by atoms with Crippen LogP contribution in [-0.4, -0.2) is 40.4 Å². The molecule has 25 heavy (non-hydrogen) atoms. The van der Waals surface area contributed by atoms with Crippen LogP contribution in [0, 0.1) is 0 Å². The summed E-state index contributed by atoms with van der Waals surface area (Å²) in [5.41, 5.74) is 2.24. The molecule has 0 bridgehead atoms. The van der Waals surface area contributed by atoms with E-state index >= 15 is 0 Å². The molecule has 0 atom stereocenters. The van der Waals surface area contributed by atoms with Gasteiger partial charge in [0.05, 0.1) is 11.4 Å². The first-order valence-electron chi connectivity index (χ1n) is 8.45. The Hall–Kier alpha value is -2.29. The van der Waals surface area contributed by atoms with Crippen molar-refractivity contribution >= 4 is 11.8 Å². The smallest absolute Gasteiger partial charge is 0.214 e. The normalized spacial score (nSPS) is 11.4. The molecule has 0 radical (unpaired) electrons. The van der Waals surface area contributed by atoms with Crippen molar-refractivity contribution in [1.29, 1.82) is 0 Å². The van der Waals surface area contributed by atoms with Crippen LogP contribution in [0.2, 0.25) is 0 Å². The molecule has 9 heteroatoms. The van der Waals surface area contributed by atoms with Gasteiger partial charge in [-0.3, -0.25) is 0 Å². The van der Waals surface area contributed by atoms with Crippen LogP contribution in [0.4, 0.5) is 0 Å². The second-order valence-corrected chi connectivity index (χ2v) is 7.02. The Balaban J connectivity index is 1.71. The minimum absolute atomic E-state index is 0.499. The van der Waals surface area contributed by atoms with Gasteiger partial charge in [-0.25, -0.2) is 4.68 Å². The summed E-state index contributed by atoms with van der Waals surface area (Å²) < 4.78 is 3.59. The summed E-state index contributed by atoms with van der Waals surface area (Å²) in [5.74, 6) is 1.96. The van der Waals surface area contributed by atoms with E-state index in [-0.39, 0.29) is 0 Å². The van der Waals surface area contributed by atoms with Crippen LogP contribution < -0.4 is 0 Å². The molecule has 2 heterocycles. The van der Waals surface area contributed by atoms with E-state index in [1.807, 2.05) is 16.8 Å². The second kappa shape index (κ2) is 8.19. The zero-order chi connectivity index (χ0) is 17.6. The fourth-order valence-corrected chi connectivity index (χ4v) is 3.19. The molecule has 3 aromatic rings. The minimum Gasteiger partial charge on any atom is -0.229 e. The first-order chi connectivity index (χ1) is 12.2. The number of nitrogens with zero attached hydrogens (tertiary/aromatic N) is 8. The van der Waals surface area contributed by atoms with E-state index in [1.165, 1.54) is 17.3 Å². The fraction of sp³-hybridized carbons (Fsp3) is 0.500. The third-order valence-electron chi connectivity index (χ3n) is 3.91. The van der Waals surface area contributed by atoms with Crippen LogP contribution in [-0.2, 0) is 12.3 Å². The van der Waals surface area contributed by atoms with Gasteiger partial charge in [0.2, 0.25) is 5.16 Å². The van der Waals surface area contributed by atoms with Crippen LogP contribution in [0.25, 0.3) is 5.69 Å². The van der Waals surface area contributed by atoms with Gasteiger partial charge in [-0.05, 0) is 50.9 Å². The molecular formula is C16H22N8S. The first kappa shape index (κ1) is 17.5. The predicted octanol–water partition coefficient (Wildman–Crippen LogP) is 2.86. The number of hydrogen-bond donors (Lipinski definition) is 0. The Kier molecular flexibility index (Phi) is 5.75. The Labute approximate surface area is 151 Å². The lowest BCUT2D eigenvalue weighted by Gasteiger charge is -2.08. The number of benzene rings is 1. The van der Waals surface area contributed by atoms with Gasteiger partial charge in [0.25, 0.3) is 0 Å². The molecule has 1 aromatic carbocycles. The summed E-state index contributed by atoms with van der Waals surface area (Å²) in [6, 6.07) is 8.31. The van der Waals surface area contributed by atoms with Gasteiger partial charge in [0, 0.05) is 6.54 Å². The number of aromatic nitrogens is 8. The number of aryl methyl sites for hydroxylation is 1. The van der Waals surface area contributed by atoms with Crippen molar-refractivity contribution in [3.05, 3.63) is 35.7 Å². The van der Waals surface area contributed by atoms with Crippen LogP contribution >= 0.6 is 11.8 Å². The highest BCUT2D eigenvalue weighted by Gasteiger charge is 2.13. The van der Waals surface area contributed by atoms with E-state index in [1.54, 1.807) is 4.68 Å². The van der Waals surface area contributed by atoms with Gasteiger partial charge < -0.3 is 0 Å². The van der Waals surface area contributed by atoms with Gasteiger partial charge in [0.15, 0.2) is 5.82 Å². The standard InChI is InChI=1S/C16H22N8S/c1-4-5-10-23-15(17-19-21-23)11-25-16-18-20-22-24(16)14-8-6-13(7-9-14)12(2)3/h6-9,12H,4-5,10-11H2,1-3H3. The van der Waals surface area contributed by atoms with E-state index in [4.69, 9.17) is 0 Å². The highest BCUT2D eigenvalue weighted by Crippen LogP contribution is 2.23. The van der Waals surface area contributed by atoms with Crippen molar-refractivity contribution < 1.29 is 0 Å². The Bertz CT molecular complexity index is 793. The van der Waals surface area contributed by atoms with Gasteiger partial charge in [0.1, 0.15) is 0 Å². The van der Waals surface area contributed by atoms with E-state index in [2.05, 4.69) is 64.0 Å². The summed E-state index contributed by atoms with van der Waals surface area (Å²) in [7, 11) is 0. The average Bonchev–Trinajstić information content (AvgIpc) is 3.27. The van der Waals surface area contributed by atoms with Crippen molar-refractivity contribution in [3.63, 3.8) is 0 Å². The van der Waals surface area contributed by atoms with Crippen LogP contribution in [0.3, 0.4) is 0 Å². The van der Waals surface area contributed by atoms with Gasteiger partial charge in [-0.1, -0.05) is 51.1 Å². The molecule has 0 amide bonds.